The van der Waals surface area contributed by atoms with Crippen LogP contribution in [0.15, 0.2) is 84.0 Å². The summed E-state index contributed by atoms with van der Waals surface area (Å²) in [5.41, 5.74) is 0.591. The number of pyridine rings is 1. The molecule has 2 aromatic carbocycles. The molecule has 6 nitrogen and oxygen atoms in total. The zero-order valence-corrected chi connectivity index (χ0v) is 17.4. The predicted octanol–water partition coefficient (Wildman–Crippen LogP) is 5.23. The van der Waals surface area contributed by atoms with Gasteiger partial charge in [-0.15, -0.1) is 0 Å². The molecule has 0 aliphatic heterocycles. The number of imidazole rings is 1. The molecular formula is C24H18F3N5O. The first kappa shape index (κ1) is 20.7. The fourth-order valence-corrected chi connectivity index (χ4v) is 4.04. The maximum Gasteiger partial charge on any atom is 0.417 e. The van der Waals surface area contributed by atoms with Gasteiger partial charge in [0.25, 0.3) is 5.56 Å². The number of hydrogen-bond donors (Lipinski definition) is 1. The van der Waals surface area contributed by atoms with Gasteiger partial charge in [0.05, 0.1) is 28.9 Å². The van der Waals surface area contributed by atoms with Crippen molar-refractivity contribution in [2.75, 3.05) is 5.32 Å². The third kappa shape index (κ3) is 3.61. The first-order valence-corrected chi connectivity index (χ1v) is 10.2. The summed E-state index contributed by atoms with van der Waals surface area (Å²) in [5.74, 6) is 0. The number of rotatable bonds is 4. The third-order valence-electron chi connectivity index (χ3n) is 5.51. The molecule has 1 N–H and O–H groups in total. The van der Waals surface area contributed by atoms with Crippen LogP contribution in [0.25, 0.3) is 22.1 Å². The number of benzene rings is 2. The quantitative estimate of drug-likeness (QED) is 0.408. The molecule has 0 radical (unpaired) electrons. The second-order valence-electron chi connectivity index (χ2n) is 7.62. The number of aromatic nitrogens is 4. The van der Waals surface area contributed by atoms with E-state index in [1.807, 2.05) is 6.92 Å². The standard InChI is InChI=1S/C24H18F3N5O/c1-15(30-19-10-11-29-31-13-12-28-22(19)31)20-14-16-6-5-9-18(24(25,26)27)21(16)23(33)32(20)17-7-3-2-4-8-17/h2-15,30H,1H3/t15-/m0/s1. The second kappa shape index (κ2) is 7.77. The molecule has 9 heteroatoms. The van der Waals surface area contributed by atoms with Crippen LogP contribution >= 0.6 is 0 Å². The van der Waals surface area contributed by atoms with Gasteiger partial charge in [0.2, 0.25) is 0 Å². The Morgan fingerprint density at radius 1 is 1.00 bits per heavy atom. The van der Waals surface area contributed by atoms with Crippen LogP contribution in [0, 0.1) is 0 Å². The molecule has 5 aromatic rings. The van der Waals surface area contributed by atoms with E-state index in [1.165, 1.54) is 16.7 Å². The Balaban J connectivity index is 1.74. The van der Waals surface area contributed by atoms with Gasteiger partial charge < -0.3 is 5.32 Å². The average Bonchev–Trinajstić information content (AvgIpc) is 3.28. The average molecular weight is 449 g/mol. The van der Waals surface area contributed by atoms with E-state index >= 15 is 0 Å². The van der Waals surface area contributed by atoms with E-state index in [0.29, 0.717) is 22.7 Å². The van der Waals surface area contributed by atoms with Crippen LogP contribution in [0.3, 0.4) is 0 Å². The number of alkyl halides is 3. The van der Waals surface area contributed by atoms with Crippen molar-refractivity contribution in [2.24, 2.45) is 0 Å². The number of nitrogens with one attached hydrogen (secondary N) is 1. The van der Waals surface area contributed by atoms with Crippen LogP contribution in [0.4, 0.5) is 18.9 Å². The summed E-state index contributed by atoms with van der Waals surface area (Å²) in [6, 6.07) is 15.4. The highest BCUT2D eigenvalue weighted by Crippen LogP contribution is 2.34. The van der Waals surface area contributed by atoms with Gasteiger partial charge in [-0.1, -0.05) is 30.3 Å². The summed E-state index contributed by atoms with van der Waals surface area (Å²) in [6.07, 6.45) is 0.290. The van der Waals surface area contributed by atoms with Gasteiger partial charge in [0.1, 0.15) is 0 Å². The van der Waals surface area contributed by atoms with Crippen molar-refractivity contribution in [1.29, 1.82) is 0 Å². The minimum Gasteiger partial charge on any atom is -0.374 e. The summed E-state index contributed by atoms with van der Waals surface area (Å²) >= 11 is 0. The van der Waals surface area contributed by atoms with Crippen molar-refractivity contribution in [3.63, 3.8) is 0 Å². The van der Waals surface area contributed by atoms with E-state index in [-0.39, 0.29) is 10.8 Å². The largest absolute Gasteiger partial charge is 0.417 e. The second-order valence-corrected chi connectivity index (χ2v) is 7.62. The normalized spacial score (nSPS) is 12.8. The lowest BCUT2D eigenvalue weighted by Gasteiger charge is -2.22. The minimum absolute atomic E-state index is 0.228. The van der Waals surface area contributed by atoms with Gasteiger partial charge in [0, 0.05) is 23.8 Å². The molecule has 0 saturated heterocycles. The molecule has 1 atom stereocenters. The molecule has 3 heterocycles. The highest BCUT2D eigenvalue weighted by Gasteiger charge is 2.34. The Morgan fingerprint density at radius 3 is 2.55 bits per heavy atom. The minimum atomic E-state index is -4.65. The Bertz CT molecular complexity index is 1520. The third-order valence-corrected chi connectivity index (χ3v) is 5.51. The van der Waals surface area contributed by atoms with Gasteiger partial charge in [-0.3, -0.25) is 9.36 Å². The topological polar surface area (TPSA) is 64.2 Å². The highest BCUT2D eigenvalue weighted by atomic mass is 19.4. The number of para-hydroxylation sites is 1. The molecule has 0 bridgehead atoms. The van der Waals surface area contributed by atoms with Gasteiger partial charge in [-0.25, -0.2) is 9.50 Å². The van der Waals surface area contributed by atoms with Crippen molar-refractivity contribution in [1.82, 2.24) is 19.2 Å². The molecule has 0 aliphatic rings. The Labute approximate surface area is 185 Å². The summed E-state index contributed by atoms with van der Waals surface area (Å²) in [5, 5.41) is 7.39. The molecule has 5 rings (SSSR count). The van der Waals surface area contributed by atoms with E-state index in [4.69, 9.17) is 0 Å². The molecule has 0 saturated carbocycles. The first-order chi connectivity index (χ1) is 15.8. The van der Waals surface area contributed by atoms with Crippen LogP contribution in [0.5, 0.6) is 0 Å². The maximum absolute atomic E-state index is 13.7. The van der Waals surface area contributed by atoms with Crippen LogP contribution < -0.4 is 10.9 Å². The SMILES string of the molecule is C[C@H](Nc1ccnn2ccnc12)c1cc2cccc(C(F)(F)F)c2c(=O)n1-c1ccccc1. The Morgan fingerprint density at radius 2 is 1.79 bits per heavy atom. The molecule has 0 unspecified atom stereocenters. The molecule has 0 aliphatic carbocycles. The Kier molecular flexibility index (Phi) is 4.88. The van der Waals surface area contributed by atoms with Crippen molar-refractivity contribution >= 4 is 22.1 Å². The highest BCUT2D eigenvalue weighted by molar-refractivity contribution is 5.86. The maximum atomic E-state index is 13.7. The fraction of sp³-hybridized carbons (Fsp3) is 0.125. The first-order valence-electron chi connectivity index (χ1n) is 10.2. The van der Waals surface area contributed by atoms with Crippen LogP contribution in [-0.4, -0.2) is 19.2 Å². The Hall–Kier alpha value is -4.14. The fourth-order valence-electron chi connectivity index (χ4n) is 4.04. The lowest BCUT2D eigenvalue weighted by atomic mass is 10.0. The molecule has 33 heavy (non-hydrogen) atoms. The summed E-state index contributed by atoms with van der Waals surface area (Å²) in [6.45, 7) is 1.84. The molecule has 0 fully saturated rings. The van der Waals surface area contributed by atoms with Crippen LogP contribution in [0.1, 0.15) is 24.2 Å². The van der Waals surface area contributed by atoms with E-state index < -0.39 is 23.3 Å². The smallest absolute Gasteiger partial charge is 0.374 e. The monoisotopic (exact) mass is 449 g/mol. The summed E-state index contributed by atoms with van der Waals surface area (Å²) in [4.78, 5) is 17.9. The molecule has 3 aromatic heterocycles. The zero-order valence-electron chi connectivity index (χ0n) is 17.4. The zero-order chi connectivity index (χ0) is 23.2. The van der Waals surface area contributed by atoms with Crippen LogP contribution in [-0.2, 0) is 6.18 Å². The molecule has 166 valence electrons. The van der Waals surface area contributed by atoms with Gasteiger partial charge >= 0.3 is 6.18 Å². The van der Waals surface area contributed by atoms with E-state index in [2.05, 4.69) is 15.4 Å². The number of anilines is 1. The van der Waals surface area contributed by atoms with Crippen molar-refractivity contribution in [3.8, 4) is 5.69 Å². The summed E-state index contributed by atoms with van der Waals surface area (Å²) < 4.78 is 44.1. The molecule has 0 spiro atoms. The predicted molar refractivity (Wildman–Crippen MR) is 120 cm³/mol. The number of nitrogens with zero attached hydrogens (tertiary/aromatic N) is 4. The van der Waals surface area contributed by atoms with E-state index in [0.717, 1.165) is 6.07 Å². The number of fused-ring (bicyclic) bond motifs is 2. The van der Waals surface area contributed by atoms with Gasteiger partial charge in [0.15, 0.2) is 5.65 Å². The summed E-state index contributed by atoms with van der Waals surface area (Å²) in [7, 11) is 0. The van der Waals surface area contributed by atoms with Crippen molar-refractivity contribution in [3.05, 3.63) is 101 Å². The van der Waals surface area contributed by atoms with Gasteiger partial charge in [-0.05, 0) is 42.6 Å². The lowest BCUT2D eigenvalue weighted by Crippen LogP contribution is -2.27. The van der Waals surface area contributed by atoms with Gasteiger partial charge in [-0.2, -0.15) is 18.3 Å². The molecular weight excluding hydrogens is 431 g/mol. The lowest BCUT2D eigenvalue weighted by molar-refractivity contribution is -0.136. The van der Waals surface area contributed by atoms with E-state index in [9.17, 15) is 18.0 Å². The number of hydrogen-bond acceptors (Lipinski definition) is 4. The number of halogens is 3. The molecule has 0 amide bonds. The van der Waals surface area contributed by atoms with Crippen LogP contribution in [0.2, 0.25) is 0 Å². The van der Waals surface area contributed by atoms with Crippen molar-refractivity contribution < 1.29 is 13.2 Å². The van der Waals surface area contributed by atoms with E-state index in [1.54, 1.807) is 65.6 Å². The van der Waals surface area contributed by atoms with Crippen molar-refractivity contribution in [2.45, 2.75) is 19.1 Å².